The van der Waals surface area contributed by atoms with Gasteiger partial charge in [-0.15, -0.1) is 0 Å². The van der Waals surface area contributed by atoms with Crippen LogP contribution in [0.2, 0.25) is 0 Å². The smallest absolute Gasteiger partial charge is 0.248 e. The van der Waals surface area contributed by atoms with Gasteiger partial charge in [-0.1, -0.05) is 42.5 Å². The van der Waals surface area contributed by atoms with E-state index in [1.165, 1.54) is 17.3 Å². The van der Waals surface area contributed by atoms with Gasteiger partial charge in [-0.25, -0.2) is 8.42 Å². The molecule has 0 radical (unpaired) electrons. The van der Waals surface area contributed by atoms with E-state index in [9.17, 15) is 13.2 Å². The van der Waals surface area contributed by atoms with Crippen molar-refractivity contribution in [2.75, 3.05) is 27.7 Å². The van der Waals surface area contributed by atoms with E-state index in [2.05, 4.69) is 27.1 Å². The van der Waals surface area contributed by atoms with Crippen LogP contribution in [0, 0.1) is 0 Å². The summed E-state index contributed by atoms with van der Waals surface area (Å²) in [4.78, 5) is 14.8. The van der Waals surface area contributed by atoms with Gasteiger partial charge in [0, 0.05) is 24.0 Å². The summed E-state index contributed by atoms with van der Waals surface area (Å²) >= 11 is 0. The first-order chi connectivity index (χ1) is 14.9. The van der Waals surface area contributed by atoms with Crippen LogP contribution in [0.15, 0.2) is 78.9 Å². The lowest BCUT2D eigenvalue weighted by molar-refractivity contribution is -0.111. The number of nitrogens with zero attached hydrogens (tertiary/aromatic N) is 1. The van der Waals surface area contributed by atoms with Gasteiger partial charge >= 0.3 is 0 Å². The maximum atomic E-state index is 12.5. The Hall–Kier alpha value is -3.58. The fourth-order valence-electron chi connectivity index (χ4n) is 3.63. The number of hydrogen-bond donors (Lipinski definition) is 2. The van der Waals surface area contributed by atoms with Crippen LogP contribution in [0.4, 0.5) is 22.7 Å². The molecule has 0 unspecified atom stereocenters. The number of sulfonamides is 1. The van der Waals surface area contributed by atoms with Crippen molar-refractivity contribution in [1.82, 2.24) is 0 Å². The number of para-hydroxylation sites is 3. The maximum absolute atomic E-state index is 12.5. The molecule has 158 valence electrons. The molecular formula is C24H23N3O3S. The summed E-state index contributed by atoms with van der Waals surface area (Å²) in [6, 6.07) is 22.9. The van der Waals surface area contributed by atoms with Gasteiger partial charge in [0.15, 0.2) is 0 Å². The average molecular weight is 434 g/mol. The van der Waals surface area contributed by atoms with Crippen LogP contribution in [0.1, 0.15) is 11.1 Å². The van der Waals surface area contributed by atoms with E-state index in [0.29, 0.717) is 5.69 Å². The molecule has 0 aromatic heterocycles. The van der Waals surface area contributed by atoms with Crippen molar-refractivity contribution in [2.24, 2.45) is 0 Å². The maximum Gasteiger partial charge on any atom is 0.248 e. The van der Waals surface area contributed by atoms with E-state index in [1.54, 1.807) is 30.3 Å². The first kappa shape index (κ1) is 20.7. The third-order valence-electron chi connectivity index (χ3n) is 4.98. The molecule has 0 spiro atoms. The van der Waals surface area contributed by atoms with Gasteiger partial charge in [-0.2, -0.15) is 0 Å². The Bertz CT molecular complexity index is 1230. The predicted molar refractivity (Wildman–Crippen MR) is 126 cm³/mol. The molecule has 1 aliphatic heterocycles. The summed E-state index contributed by atoms with van der Waals surface area (Å²) in [7, 11) is -3.32. The van der Waals surface area contributed by atoms with Crippen molar-refractivity contribution < 1.29 is 13.2 Å². The zero-order valence-corrected chi connectivity index (χ0v) is 17.9. The fraction of sp³-hybridized carbons (Fsp3) is 0.125. The van der Waals surface area contributed by atoms with E-state index < -0.39 is 10.0 Å². The minimum absolute atomic E-state index is 0.238. The molecule has 6 nitrogen and oxygen atoms in total. The zero-order valence-electron chi connectivity index (χ0n) is 17.1. The monoisotopic (exact) mass is 433 g/mol. The van der Waals surface area contributed by atoms with E-state index in [1.807, 2.05) is 36.4 Å². The molecule has 1 amide bonds. The first-order valence-corrected chi connectivity index (χ1v) is 11.8. The lowest BCUT2D eigenvalue weighted by Crippen LogP contribution is -2.17. The average Bonchev–Trinajstić information content (AvgIpc) is 3.17. The highest BCUT2D eigenvalue weighted by Crippen LogP contribution is 2.38. The van der Waals surface area contributed by atoms with Gasteiger partial charge < -0.3 is 10.2 Å². The molecule has 1 aliphatic rings. The van der Waals surface area contributed by atoms with E-state index in [0.717, 1.165) is 36.2 Å². The second-order valence-corrected chi connectivity index (χ2v) is 9.11. The molecule has 0 saturated carbocycles. The molecule has 7 heteroatoms. The van der Waals surface area contributed by atoms with Crippen LogP contribution in [0.5, 0.6) is 0 Å². The number of benzene rings is 3. The van der Waals surface area contributed by atoms with Crippen molar-refractivity contribution in [3.8, 4) is 0 Å². The summed E-state index contributed by atoms with van der Waals surface area (Å²) in [5.41, 5.74) is 5.45. The Balaban J connectivity index is 1.46. The highest BCUT2D eigenvalue weighted by atomic mass is 32.2. The van der Waals surface area contributed by atoms with Crippen molar-refractivity contribution in [3.05, 3.63) is 90.0 Å². The predicted octanol–water partition coefficient (Wildman–Crippen LogP) is 4.40. The topological polar surface area (TPSA) is 78.5 Å². The number of fused-ring (bicyclic) bond motifs is 1. The molecule has 1 heterocycles. The van der Waals surface area contributed by atoms with E-state index in [-0.39, 0.29) is 5.91 Å². The molecule has 3 aromatic carbocycles. The summed E-state index contributed by atoms with van der Waals surface area (Å²) in [5.74, 6) is -0.238. The van der Waals surface area contributed by atoms with Crippen LogP contribution in [0.25, 0.3) is 6.08 Å². The number of amides is 1. The Morgan fingerprint density at radius 1 is 0.935 bits per heavy atom. The third kappa shape index (κ3) is 5.13. The second-order valence-electron chi connectivity index (χ2n) is 7.37. The minimum atomic E-state index is -3.32. The van der Waals surface area contributed by atoms with E-state index >= 15 is 0 Å². The number of anilines is 4. The standard InChI is InChI=1S/C24H23N3O3S/c1-31(29,30)26-20-13-10-18(11-14-20)12-15-24(28)25-21-7-3-5-9-23(21)27-17-16-19-6-2-4-8-22(19)27/h2-15,26H,16-17H2,1H3,(H,25,28)/b15-12+. The van der Waals surface area contributed by atoms with Gasteiger partial charge in [0.2, 0.25) is 15.9 Å². The van der Waals surface area contributed by atoms with Crippen LogP contribution in [-0.2, 0) is 21.2 Å². The third-order valence-corrected chi connectivity index (χ3v) is 5.59. The Labute approximate surface area is 182 Å². The summed E-state index contributed by atoms with van der Waals surface area (Å²) in [6.07, 6.45) is 5.23. The number of carbonyl (C=O) groups is 1. The zero-order chi connectivity index (χ0) is 21.8. The second kappa shape index (κ2) is 8.65. The van der Waals surface area contributed by atoms with Crippen LogP contribution in [0.3, 0.4) is 0 Å². The highest BCUT2D eigenvalue weighted by Gasteiger charge is 2.22. The molecule has 4 rings (SSSR count). The number of carbonyl (C=O) groups excluding carboxylic acids is 1. The molecule has 3 aromatic rings. The Morgan fingerprint density at radius 3 is 2.35 bits per heavy atom. The highest BCUT2D eigenvalue weighted by molar-refractivity contribution is 7.92. The molecule has 31 heavy (non-hydrogen) atoms. The summed E-state index contributed by atoms with van der Waals surface area (Å²) in [5, 5.41) is 2.97. The van der Waals surface area contributed by atoms with Crippen molar-refractivity contribution >= 4 is 44.8 Å². The number of rotatable bonds is 6. The molecule has 0 atom stereocenters. The normalized spacial score (nSPS) is 13.3. The largest absolute Gasteiger partial charge is 0.339 e. The first-order valence-electron chi connectivity index (χ1n) is 9.90. The Morgan fingerprint density at radius 2 is 1.61 bits per heavy atom. The lowest BCUT2D eigenvalue weighted by Gasteiger charge is -2.22. The number of hydrogen-bond acceptors (Lipinski definition) is 4. The quantitative estimate of drug-likeness (QED) is 0.565. The van der Waals surface area contributed by atoms with Gasteiger partial charge in [-0.3, -0.25) is 9.52 Å². The number of nitrogens with one attached hydrogen (secondary N) is 2. The van der Waals surface area contributed by atoms with Gasteiger partial charge in [0.25, 0.3) is 0 Å². The Kier molecular flexibility index (Phi) is 5.77. The summed E-state index contributed by atoms with van der Waals surface area (Å²) in [6.45, 7) is 0.871. The van der Waals surface area contributed by atoms with Crippen molar-refractivity contribution in [2.45, 2.75) is 6.42 Å². The minimum Gasteiger partial charge on any atom is -0.339 e. The summed E-state index contributed by atoms with van der Waals surface area (Å²) < 4.78 is 25.0. The van der Waals surface area contributed by atoms with E-state index in [4.69, 9.17) is 0 Å². The van der Waals surface area contributed by atoms with Crippen LogP contribution in [-0.4, -0.2) is 27.1 Å². The molecule has 0 aliphatic carbocycles. The lowest BCUT2D eigenvalue weighted by atomic mass is 10.1. The van der Waals surface area contributed by atoms with Crippen molar-refractivity contribution in [1.29, 1.82) is 0 Å². The molecule has 0 saturated heterocycles. The van der Waals surface area contributed by atoms with Crippen LogP contribution < -0.4 is 14.9 Å². The molecule has 2 N–H and O–H groups in total. The fourth-order valence-corrected chi connectivity index (χ4v) is 4.19. The molecule has 0 bridgehead atoms. The van der Waals surface area contributed by atoms with Crippen LogP contribution >= 0.6 is 0 Å². The molecule has 0 fully saturated rings. The molecular weight excluding hydrogens is 410 g/mol. The van der Waals surface area contributed by atoms with Gasteiger partial charge in [0.1, 0.15) is 0 Å². The van der Waals surface area contributed by atoms with Gasteiger partial charge in [0.05, 0.1) is 17.6 Å². The SMILES string of the molecule is CS(=O)(=O)Nc1ccc(/C=C/C(=O)Nc2ccccc2N2CCc3ccccc32)cc1. The van der Waals surface area contributed by atoms with Crippen molar-refractivity contribution in [3.63, 3.8) is 0 Å². The van der Waals surface area contributed by atoms with Gasteiger partial charge in [-0.05, 0) is 54.0 Å².